The SMILES string of the molecule is CC(=O)N1CCC(n2nc(-c3cc4cc(O)cc(Cl)c4[nH]3)c3c(N)ncnc32)CC1.COc1cc(Cl)c2[nH]c(-c3nn(C4CCOCC4)c4ncnc(N)c34)cc2c1.COc1cccc2cc(-c3nn(C4CCN(C(=O)C5CC5)CC4)c4ncnc(N)c34)[nH]c12.Cc1cc(O)cc2cc(-c3nn(C4CCOCC4)c4ncnc(N)c34)[nH]c12. The molecular formula is C81H84Cl2N26O8. The number of nitrogens with two attached hydrogens (primary N) is 4. The van der Waals surface area contributed by atoms with Gasteiger partial charge in [0.15, 0.2) is 22.6 Å². The van der Waals surface area contributed by atoms with Crippen molar-refractivity contribution < 1.29 is 38.7 Å². The van der Waals surface area contributed by atoms with E-state index in [1.165, 1.54) is 31.4 Å². The maximum Gasteiger partial charge on any atom is 0.225 e. The monoisotopic (exact) mass is 1620 g/mol. The molecule has 4 saturated heterocycles. The fourth-order valence-electron chi connectivity index (χ4n) is 16.6. The third kappa shape index (κ3) is 14.2. The van der Waals surface area contributed by atoms with Crippen molar-refractivity contribution in [2.45, 2.75) is 102 Å². The van der Waals surface area contributed by atoms with Crippen LogP contribution in [0.1, 0.15) is 101 Å². The van der Waals surface area contributed by atoms with E-state index in [9.17, 15) is 19.8 Å². The number of nitrogens with one attached hydrogen (secondary N) is 4. The van der Waals surface area contributed by atoms with Crippen molar-refractivity contribution in [1.82, 2.24) is 109 Å². The number of hydrogen-bond donors (Lipinski definition) is 10. The van der Waals surface area contributed by atoms with Gasteiger partial charge in [0, 0.05) is 105 Å². The van der Waals surface area contributed by atoms with Crippen LogP contribution in [0.3, 0.4) is 0 Å². The number of H-pyrrole nitrogens is 4. The minimum absolute atomic E-state index is 0.0873. The topological polar surface area (TPSA) is 460 Å². The van der Waals surface area contributed by atoms with Crippen LogP contribution in [0.4, 0.5) is 23.3 Å². The first-order valence-electron chi connectivity index (χ1n) is 38.8. The minimum atomic E-state index is 0.0873. The first-order valence-corrected chi connectivity index (χ1v) is 39.6. The van der Waals surface area contributed by atoms with Crippen molar-refractivity contribution in [3.8, 4) is 68.5 Å². The van der Waals surface area contributed by atoms with Crippen molar-refractivity contribution >= 4 is 146 Å². The molecule has 14 N–H and O–H groups in total. The third-order valence-corrected chi connectivity index (χ3v) is 23.4. The highest BCUT2D eigenvalue weighted by Crippen LogP contribution is 2.44. The van der Waals surface area contributed by atoms with Crippen LogP contribution in [0.25, 0.3) is 133 Å². The summed E-state index contributed by atoms with van der Waals surface area (Å²) in [5.41, 5.74) is 38.1. The first-order chi connectivity index (χ1) is 56.8. The number of benzene rings is 4. The molecule has 16 heterocycles. The van der Waals surface area contributed by atoms with Gasteiger partial charge < -0.3 is 81.8 Å². The number of methoxy groups -OCH3 is 2. The average molecular weight is 1620 g/mol. The molecule has 0 bridgehead atoms. The summed E-state index contributed by atoms with van der Waals surface area (Å²) in [5.74, 6) is 4.02. The standard InChI is InChI=1S/C23H25N7O2.C20H20ClN7O2.C19H19ClN6O2.C19H20N6O2/c1-32-17-4-2-3-14-11-16(27-19(14)17)20-18-21(24)25-12-26-22(18)30(28-20)15-7-9-29(10-8-15)23(31)13-5-6-13;1-10(29)27-4-2-12(3-5-27)28-20-16(19(22)23-9-24-20)18(26-28)15-7-11-6-13(30)8-14(21)17(11)25-15;1-27-12-6-10-7-14(24-16(10)13(20)8-12)17-15-18(21)22-9-23-19(15)26(25-17)11-2-4-28-5-3-11;1-10-6-13(26)7-11-8-14(23-16(10)11)17-15-18(20)21-9-22-19(15)25(24-17)12-2-4-27-5-3-12/h2-4,11-13,15,27H,5-10H2,1H3,(H2,24,25,26);6-9,12,25,30H,2-5H2,1H3,(H2,22,23,24);6-9,11,24H,2-5H2,1H3,(H2,21,22,23);6-9,12,23,26H,2-5H2,1H3,(H2,20,21,22). The largest absolute Gasteiger partial charge is 0.508 e. The number of phenols is 2. The molecule has 1 saturated carbocycles. The molecule has 5 aliphatic rings. The number of carbonyl (C=O) groups is 2. The summed E-state index contributed by atoms with van der Waals surface area (Å²) in [7, 11) is 3.28. The van der Waals surface area contributed by atoms with Gasteiger partial charge in [-0.05, 0) is 131 Å². The second-order valence-electron chi connectivity index (χ2n) is 30.1. The molecule has 21 rings (SSSR count). The van der Waals surface area contributed by atoms with Gasteiger partial charge in [0.25, 0.3) is 0 Å². The van der Waals surface area contributed by atoms with Crippen LogP contribution in [-0.2, 0) is 19.1 Å². The lowest BCUT2D eigenvalue weighted by atomic mass is 10.0. The Morgan fingerprint density at radius 3 is 1.24 bits per heavy atom. The van der Waals surface area contributed by atoms with E-state index in [1.807, 2.05) is 84.0 Å². The van der Waals surface area contributed by atoms with E-state index in [0.29, 0.717) is 118 Å². The molecule has 0 unspecified atom stereocenters. The Labute approximate surface area is 676 Å². The maximum atomic E-state index is 12.4. The second kappa shape index (κ2) is 31.0. The highest BCUT2D eigenvalue weighted by atomic mass is 35.5. The molecule has 34 nitrogen and oxygen atoms in total. The number of piperidine rings is 2. The maximum absolute atomic E-state index is 12.4. The van der Waals surface area contributed by atoms with Gasteiger partial charge in [-0.1, -0.05) is 35.3 Å². The van der Waals surface area contributed by atoms with Crippen LogP contribution in [-0.4, -0.2) is 198 Å². The Morgan fingerprint density at radius 2 is 0.821 bits per heavy atom. The fraction of sp³-hybridized carbons (Fsp3) is 0.333. The predicted octanol–water partition coefficient (Wildman–Crippen LogP) is 12.7. The van der Waals surface area contributed by atoms with Gasteiger partial charge in [0.05, 0.1) is 109 Å². The molecule has 0 radical (unpaired) electrons. The van der Waals surface area contributed by atoms with Gasteiger partial charge >= 0.3 is 0 Å². The molecule has 36 heteroatoms. The normalized spacial score (nSPS) is 16.0. The number of ether oxygens (including phenoxy) is 4. The lowest BCUT2D eigenvalue weighted by Crippen LogP contribution is -2.40. The highest BCUT2D eigenvalue weighted by Gasteiger charge is 2.37. The number of carbonyl (C=O) groups excluding carboxylic acids is 2. The van der Waals surface area contributed by atoms with Crippen LogP contribution < -0.4 is 32.4 Å². The van der Waals surface area contributed by atoms with E-state index in [4.69, 9.17) is 85.5 Å². The molecule has 0 atom stereocenters. The average Bonchev–Trinajstić information content (AvgIpc) is 1.61. The van der Waals surface area contributed by atoms with Crippen molar-refractivity contribution in [3.05, 3.63) is 120 Å². The minimum Gasteiger partial charge on any atom is -0.508 e. The summed E-state index contributed by atoms with van der Waals surface area (Å²) in [6.07, 6.45) is 14.8. The number of aromatic nitrogens is 20. The smallest absolute Gasteiger partial charge is 0.225 e. The molecule has 2 amide bonds. The van der Waals surface area contributed by atoms with Crippen molar-refractivity contribution in [3.63, 3.8) is 0 Å². The van der Waals surface area contributed by atoms with Gasteiger partial charge in [-0.15, -0.1) is 0 Å². The molecule has 0 spiro atoms. The summed E-state index contributed by atoms with van der Waals surface area (Å²) in [5, 5.41) is 46.9. The van der Waals surface area contributed by atoms with Crippen LogP contribution in [0.2, 0.25) is 10.0 Å². The van der Waals surface area contributed by atoms with Crippen molar-refractivity contribution in [2.75, 3.05) is 89.8 Å². The Bertz CT molecular complexity index is 6500. The number of likely N-dealkylation sites (tertiary alicyclic amines) is 2. The molecule has 1 aliphatic carbocycles. The molecule has 600 valence electrons. The predicted molar refractivity (Wildman–Crippen MR) is 446 cm³/mol. The van der Waals surface area contributed by atoms with Crippen LogP contribution in [0.5, 0.6) is 23.0 Å². The zero-order valence-electron chi connectivity index (χ0n) is 64.4. The number of nitrogen functional groups attached to an aromatic ring is 4. The Balaban J connectivity index is 0.000000108. The summed E-state index contributed by atoms with van der Waals surface area (Å²) < 4.78 is 29.6. The number of halogens is 2. The zero-order valence-corrected chi connectivity index (χ0v) is 65.9. The number of fused-ring (bicyclic) bond motifs is 8. The number of phenolic OH excluding ortho intramolecular Hbond substituents is 2. The Morgan fingerprint density at radius 1 is 0.444 bits per heavy atom. The van der Waals surface area contributed by atoms with E-state index >= 15 is 0 Å². The number of aryl methyl sites for hydroxylation is 1. The van der Waals surface area contributed by atoms with Gasteiger partial charge in [-0.25, -0.2) is 58.6 Å². The number of nitrogens with zero attached hydrogens (tertiary/aromatic N) is 18. The molecule has 4 aromatic carbocycles. The van der Waals surface area contributed by atoms with Gasteiger partial charge in [0.1, 0.15) is 94.4 Å². The number of anilines is 4. The van der Waals surface area contributed by atoms with Crippen molar-refractivity contribution in [1.29, 1.82) is 0 Å². The molecule has 5 fully saturated rings. The lowest BCUT2D eigenvalue weighted by Gasteiger charge is -2.32. The van der Waals surface area contributed by atoms with Gasteiger partial charge in [-0.3, -0.25) is 9.59 Å². The van der Waals surface area contributed by atoms with Crippen LogP contribution >= 0.6 is 23.2 Å². The van der Waals surface area contributed by atoms with E-state index in [2.05, 4.69) is 59.8 Å². The quantitative estimate of drug-likeness (QED) is 0.0575. The number of aromatic hydroxyl groups is 2. The number of amides is 2. The number of aromatic amines is 4. The summed E-state index contributed by atoms with van der Waals surface area (Å²) in [4.78, 5) is 76.1. The van der Waals surface area contributed by atoms with Crippen LogP contribution in [0.15, 0.2) is 104 Å². The van der Waals surface area contributed by atoms with Gasteiger partial charge in [-0.2, -0.15) is 20.4 Å². The Kier molecular flexibility index (Phi) is 20.0. The number of rotatable bonds is 11. The van der Waals surface area contributed by atoms with Crippen molar-refractivity contribution in [2.24, 2.45) is 5.92 Å². The Hall–Kier alpha value is -12.9. The first kappa shape index (κ1) is 75.4. The lowest BCUT2D eigenvalue weighted by molar-refractivity contribution is -0.134. The third-order valence-electron chi connectivity index (χ3n) is 22.8. The van der Waals surface area contributed by atoms with E-state index < -0.39 is 0 Å². The summed E-state index contributed by atoms with van der Waals surface area (Å²) in [6, 6.07) is 24.8. The molecule has 16 aromatic rings. The summed E-state index contributed by atoms with van der Waals surface area (Å²) in [6.45, 7) is 9.26. The molecule has 4 aliphatic heterocycles. The highest BCUT2D eigenvalue weighted by molar-refractivity contribution is 6.36. The second-order valence-corrected chi connectivity index (χ2v) is 30.9. The van der Waals surface area contributed by atoms with E-state index in [1.54, 1.807) is 45.4 Å². The summed E-state index contributed by atoms with van der Waals surface area (Å²) >= 11 is 12.7. The molecular weight excluding hydrogens is 1540 g/mol. The van der Waals surface area contributed by atoms with E-state index in [0.717, 1.165) is 188 Å². The fourth-order valence-corrected chi connectivity index (χ4v) is 17.2. The van der Waals surface area contributed by atoms with E-state index in [-0.39, 0.29) is 47.5 Å². The van der Waals surface area contributed by atoms with Gasteiger partial charge in [0.2, 0.25) is 11.8 Å². The number of hydrogen-bond acceptors (Lipinski definition) is 24. The number of para-hydroxylation sites is 1. The molecule has 12 aromatic heterocycles. The van der Waals surface area contributed by atoms with Crippen LogP contribution in [0, 0.1) is 12.8 Å². The zero-order chi connectivity index (χ0) is 80.6. The molecule has 117 heavy (non-hydrogen) atoms.